The summed E-state index contributed by atoms with van der Waals surface area (Å²) in [6, 6.07) is 14.0. The minimum Gasteiger partial charge on any atom is -0.385 e. The lowest BCUT2D eigenvalue weighted by Gasteiger charge is -2.44. The number of aromatic nitrogens is 3. The normalized spacial score (nSPS) is 23.0. The Labute approximate surface area is 372 Å². The van der Waals surface area contributed by atoms with Crippen molar-refractivity contribution in [1.82, 2.24) is 29.7 Å². The van der Waals surface area contributed by atoms with Crippen molar-refractivity contribution in [3.8, 4) is 0 Å². The predicted octanol–water partition coefficient (Wildman–Crippen LogP) is 5.90. The first-order valence-electron chi connectivity index (χ1n) is 22.7. The molecule has 2 unspecified atom stereocenters. The number of piperidine rings is 3. The zero-order chi connectivity index (χ0) is 43.8. The number of amides is 3. The molecule has 336 valence electrons. The fraction of sp³-hybridized carbons (Fsp3) is 0.543. The summed E-state index contributed by atoms with van der Waals surface area (Å²) in [6.07, 6.45) is 9.89. The number of carbonyl (C=O) groups excluding carboxylic acids is 3. The number of piperazine rings is 1. The standard InChI is InChI=1S/C43H52ClF2N11O3.C3H6/c1-48-34-22-38(51-57-37(40(47)59)23-49-41(34)57)56-16-12-31-35(3-2-4-36(31)56)55-14-9-27(10-15-55)24-53-13-11-28(43(45,46)26-53)25-52-17-19-54(20-18-52)29-5-7-33(44)32(21-29)30-6-8-39(58)50-42(30)60;1-2-3-1/h2-5,7,21-23,27-28,30,48H,6,8-20,24-26H2,1H3,(H2,47,59)(H,50,58,60);1-3H2. The highest BCUT2D eigenvalue weighted by Crippen LogP contribution is 2.42. The van der Waals surface area contributed by atoms with Gasteiger partial charge in [0.1, 0.15) is 5.69 Å². The minimum absolute atomic E-state index is 0.192. The molecule has 7 heterocycles. The second kappa shape index (κ2) is 18.2. The maximum atomic E-state index is 15.8. The number of benzene rings is 2. The summed E-state index contributed by atoms with van der Waals surface area (Å²) in [5.74, 6) is -4.02. The molecule has 4 aromatic rings. The van der Waals surface area contributed by atoms with Gasteiger partial charge in [-0.05, 0) is 80.5 Å². The topological polar surface area (TPSA) is 148 Å². The van der Waals surface area contributed by atoms with Gasteiger partial charge >= 0.3 is 0 Å². The molecule has 2 atom stereocenters. The van der Waals surface area contributed by atoms with Crippen LogP contribution in [0.15, 0.2) is 48.7 Å². The second-order valence-corrected chi connectivity index (χ2v) is 18.5. The number of fused-ring (bicyclic) bond motifs is 2. The molecule has 2 aromatic heterocycles. The number of nitrogens with two attached hydrogens (primary N) is 1. The van der Waals surface area contributed by atoms with Crippen LogP contribution in [0.1, 0.15) is 78.9 Å². The first-order chi connectivity index (χ1) is 30.4. The maximum absolute atomic E-state index is 15.8. The Hall–Kier alpha value is -5.06. The van der Waals surface area contributed by atoms with Gasteiger partial charge in [0.2, 0.25) is 11.8 Å². The van der Waals surface area contributed by atoms with Gasteiger partial charge in [-0.25, -0.2) is 18.3 Å². The highest BCUT2D eigenvalue weighted by atomic mass is 35.5. The van der Waals surface area contributed by atoms with Gasteiger partial charge in [0.25, 0.3) is 11.8 Å². The van der Waals surface area contributed by atoms with E-state index in [-0.39, 0.29) is 30.5 Å². The van der Waals surface area contributed by atoms with E-state index in [0.29, 0.717) is 81.1 Å². The molecule has 14 nitrogen and oxygen atoms in total. The van der Waals surface area contributed by atoms with E-state index in [1.807, 2.05) is 30.1 Å². The average molecular weight is 886 g/mol. The lowest BCUT2D eigenvalue weighted by Crippen LogP contribution is -2.55. The van der Waals surface area contributed by atoms with Crippen LogP contribution in [-0.4, -0.2) is 127 Å². The largest absolute Gasteiger partial charge is 0.385 e. The van der Waals surface area contributed by atoms with Crippen molar-refractivity contribution < 1.29 is 23.2 Å². The third-order valence-electron chi connectivity index (χ3n) is 13.7. The van der Waals surface area contributed by atoms with Gasteiger partial charge in [-0.2, -0.15) is 0 Å². The molecule has 63 heavy (non-hydrogen) atoms. The van der Waals surface area contributed by atoms with Crippen molar-refractivity contribution in [3.63, 3.8) is 0 Å². The van der Waals surface area contributed by atoms with Crippen LogP contribution in [0.5, 0.6) is 0 Å². The summed E-state index contributed by atoms with van der Waals surface area (Å²) < 4.78 is 33.1. The lowest BCUT2D eigenvalue weighted by atomic mass is 9.89. The van der Waals surface area contributed by atoms with Crippen molar-refractivity contribution in [1.29, 1.82) is 0 Å². The van der Waals surface area contributed by atoms with Crippen LogP contribution in [-0.2, 0) is 16.0 Å². The molecule has 6 aliphatic rings. The van der Waals surface area contributed by atoms with Gasteiger partial charge in [-0.3, -0.25) is 29.5 Å². The summed E-state index contributed by atoms with van der Waals surface area (Å²) in [5.41, 5.74) is 12.3. The number of halogens is 3. The maximum Gasteiger partial charge on any atom is 0.269 e. The zero-order valence-corrected chi connectivity index (χ0v) is 36.8. The number of anilines is 5. The fourth-order valence-electron chi connectivity index (χ4n) is 10.0. The van der Waals surface area contributed by atoms with Gasteiger partial charge in [0.05, 0.1) is 24.3 Å². The smallest absolute Gasteiger partial charge is 0.269 e. The number of alkyl halides is 2. The van der Waals surface area contributed by atoms with Crippen LogP contribution in [0, 0.1) is 11.8 Å². The van der Waals surface area contributed by atoms with Crippen LogP contribution in [0.25, 0.3) is 5.65 Å². The minimum atomic E-state index is -2.76. The number of carbonyl (C=O) groups is 3. The Morgan fingerprint density at radius 2 is 1.65 bits per heavy atom. The van der Waals surface area contributed by atoms with Gasteiger partial charge < -0.3 is 25.8 Å². The molecule has 0 bridgehead atoms. The first kappa shape index (κ1) is 43.2. The summed E-state index contributed by atoms with van der Waals surface area (Å²) in [4.78, 5) is 51.7. The van der Waals surface area contributed by atoms with Crippen LogP contribution >= 0.6 is 11.6 Å². The number of rotatable bonds is 10. The Kier molecular flexibility index (Phi) is 12.5. The number of hydrogen-bond acceptors (Lipinski definition) is 11. The number of likely N-dealkylation sites (tertiary alicyclic amines) is 1. The van der Waals surface area contributed by atoms with Crippen molar-refractivity contribution in [3.05, 3.63) is 70.5 Å². The number of imide groups is 1. The molecule has 5 aliphatic heterocycles. The molecular formula is C46H58ClF2N11O3. The van der Waals surface area contributed by atoms with Crippen LogP contribution in [0.4, 0.5) is 37.3 Å². The molecular weight excluding hydrogens is 828 g/mol. The second-order valence-electron chi connectivity index (χ2n) is 18.1. The monoisotopic (exact) mass is 885 g/mol. The first-order valence-corrected chi connectivity index (χ1v) is 23.0. The molecule has 10 rings (SSSR count). The SMILES string of the molecule is C1CC1.CNc1cc(N2CCc3c(N4CCC(CN5CCC(CN6CCN(c7ccc(Cl)c(C8CCC(=O)NC8=O)c7)CC6)C(F)(F)C5)CC4)cccc32)nn2c(C(N)=O)cnc12. The molecule has 4 N–H and O–H groups in total. The Morgan fingerprint density at radius 1 is 0.889 bits per heavy atom. The van der Waals surface area contributed by atoms with E-state index in [9.17, 15) is 14.4 Å². The number of primary amides is 1. The summed E-state index contributed by atoms with van der Waals surface area (Å²) >= 11 is 6.50. The van der Waals surface area contributed by atoms with E-state index >= 15 is 8.78 Å². The van der Waals surface area contributed by atoms with Crippen molar-refractivity contribution in [2.75, 3.05) is 99.1 Å². The quantitative estimate of drug-likeness (QED) is 0.164. The zero-order valence-electron chi connectivity index (χ0n) is 36.0. The fourth-order valence-corrected chi connectivity index (χ4v) is 10.3. The van der Waals surface area contributed by atoms with E-state index in [1.165, 1.54) is 41.2 Å². The molecule has 0 spiro atoms. The Balaban J connectivity index is 0.00000161. The molecule has 3 amide bonds. The molecule has 0 radical (unpaired) electrons. The van der Waals surface area contributed by atoms with E-state index in [4.69, 9.17) is 22.4 Å². The van der Waals surface area contributed by atoms with Crippen molar-refractivity contribution in [2.45, 2.75) is 69.6 Å². The average Bonchev–Trinajstić information content (AvgIpc) is 3.99. The molecule has 17 heteroatoms. The van der Waals surface area contributed by atoms with E-state index in [1.54, 1.807) is 6.07 Å². The third-order valence-corrected chi connectivity index (χ3v) is 14.1. The number of nitrogens with zero attached hydrogens (tertiary/aromatic N) is 8. The van der Waals surface area contributed by atoms with Gasteiger partial charge in [0, 0.05) is 112 Å². The van der Waals surface area contributed by atoms with Crippen LogP contribution in [0.3, 0.4) is 0 Å². The third kappa shape index (κ3) is 9.30. The predicted molar refractivity (Wildman–Crippen MR) is 242 cm³/mol. The summed E-state index contributed by atoms with van der Waals surface area (Å²) in [7, 11) is 1.81. The van der Waals surface area contributed by atoms with Gasteiger partial charge in [0.15, 0.2) is 11.5 Å². The van der Waals surface area contributed by atoms with Crippen LogP contribution < -0.4 is 31.1 Å². The van der Waals surface area contributed by atoms with E-state index in [0.717, 1.165) is 61.5 Å². The van der Waals surface area contributed by atoms with Gasteiger partial charge in [-0.15, -0.1) is 5.10 Å². The number of hydrogen-bond donors (Lipinski definition) is 3. The van der Waals surface area contributed by atoms with E-state index in [2.05, 4.69) is 53.4 Å². The molecule has 1 aliphatic carbocycles. The van der Waals surface area contributed by atoms with Crippen molar-refractivity contribution in [2.24, 2.45) is 17.6 Å². The van der Waals surface area contributed by atoms with Crippen molar-refractivity contribution >= 4 is 63.5 Å². The Bertz CT molecular complexity index is 2340. The summed E-state index contributed by atoms with van der Waals surface area (Å²) in [6.45, 7) is 6.81. The lowest BCUT2D eigenvalue weighted by molar-refractivity contribution is -0.134. The molecule has 4 saturated heterocycles. The van der Waals surface area contributed by atoms with Crippen LogP contribution in [0.2, 0.25) is 5.02 Å². The molecule has 5 fully saturated rings. The Morgan fingerprint density at radius 3 is 2.35 bits per heavy atom. The van der Waals surface area contributed by atoms with E-state index < -0.39 is 23.7 Å². The number of nitrogens with one attached hydrogen (secondary N) is 2. The summed E-state index contributed by atoms with van der Waals surface area (Å²) in [5, 5.41) is 10.9. The number of imidazole rings is 1. The highest BCUT2D eigenvalue weighted by molar-refractivity contribution is 6.31. The molecule has 2 aromatic carbocycles. The van der Waals surface area contributed by atoms with Gasteiger partial charge in [-0.1, -0.05) is 36.9 Å². The molecule has 1 saturated carbocycles. The highest BCUT2D eigenvalue weighted by Gasteiger charge is 2.46.